The summed E-state index contributed by atoms with van der Waals surface area (Å²) >= 11 is 0. The molecule has 0 aliphatic heterocycles. The summed E-state index contributed by atoms with van der Waals surface area (Å²) in [6.07, 6.45) is 2.46. The molecule has 0 aromatic carbocycles. The van der Waals surface area contributed by atoms with Gasteiger partial charge in [0.25, 0.3) is 0 Å². The number of aromatic nitrogens is 2. The molecule has 0 radical (unpaired) electrons. The third kappa shape index (κ3) is 2.35. The zero-order chi connectivity index (χ0) is 10.6. The molecule has 0 N–H and O–H groups in total. The molecule has 0 aliphatic carbocycles. The van der Waals surface area contributed by atoms with Crippen LogP contribution in [-0.4, -0.2) is 22.9 Å². The molecule has 4 nitrogen and oxygen atoms in total. The van der Waals surface area contributed by atoms with Gasteiger partial charge in [0.1, 0.15) is 12.3 Å². The van der Waals surface area contributed by atoms with E-state index in [2.05, 4.69) is 9.97 Å². The van der Waals surface area contributed by atoms with Crippen molar-refractivity contribution in [2.24, 2.45) is 0 Å². The van der Waals surface area contributed by atoms with E-state index in [0.717, 1.165) is 12.0 Å². The summed E-state index contributed by atoms with van der Waals surface area (Å²) in [6, 6.07) is 0. The van der Waals surface area contributed by atoms with Gasteiger partial charge in [-0.2, -0.15) is 0 Å². The molecule has 0 amide bonds. The fourth-order valence-corrected chi connectivity index (χ4v) is 1.21. The van der Waals surface area contributed by atoms with Crippen LogP contribution in [0.5, 0.6) is 0 Å². The van der Waals surface area contributed by atoms with E-state index in [4.69, 9.17) is 4.74 Å². The lowest BCUT2D eigenvalue weighted by molar-refractivity contribution is 0.101. The lowest BCUT2D eigenvalue weighted by Crippen LogP contribution is -2.08. The molecular weight excluding hydrogens is 180 g/mol. The van der Waals surface area contributed by atoms with Crippen molar-refractivity contribution in [2.45, 2.75) is 26.9 Å². The van der Waals surface area contributed by atoms with Gasteiger partial charge in [-0.25, -0.2) is 9.97 Å². The topological polar surface area (TPSA) is 52.1 Å². The van der Waals surface area contributed by atoms with E-state index in [1.807, 2.05) is 6.92 Å². The van der Waals surface area contributed by atoms with Gasteiger partial charge in [-0.1, -0.05) is 6.92 Å². The van der Waals surface area contributed by atoms with Crippen LogP contribution in [0.2, 0.25) is 0 Å². The summed E-state index contributed by atoms with van der Waals surface area (Å²) in [4.78, 5) is 19.5. The van der Waals surface area contributed by atoms with E-state index in [1.54, 1.807) is 13.3 Å². The maximum Gasteiger partial charge on any atom is 0.178 e. The Bertz CT molecular complexity index is 337. The Labute approximate surface area is 83.3 Å². The highest BCUT2D eigenvalue weighted by molar-refractivity contribution is 5.93. The number of hydrogen-bond donors (Lipinski definition) is 0. The number of ketones is 1. The van der Waals surface area contributed by atoms with Crippen LogP contribution in [0, 0.1) is 0 Å². The Hall–Kier alpha value is -1.29. The number of carbonyl (C=O) groups excluding carboxylic acids is 1. The molecule has 0 saturated heterocycles. The number of aryl methyl sites for hydroxylation is 1. The Balaban J connectivity index is 3.07. The highest BCUT2D eigenvalue weighted by Crippen LogP contribution is 2.07. The van der Waals surface area contributed by atoms with Crippen LogP contribution in [0.3, 0.4) is 0 Å². The van der Waals surface area contributed by atoms with Gasteiger partial charge < -0.3 is 4.74 Å². The lowest BCUT2D eigenvalue weighted by atomic mass is 10.1. The standard InChI is InChI=1S/C10H14N2O2/c1-4-8-5-11-9(6-14-3)12-10(8)7(2)13/h5H,4,6H2,1-3H3. The molecule has 0 spiro atoms. The van der Waals surface area contributed by atoms with Crippen LogP contribution in [0.15, 0.2) is 6.20 Å². The largest absolute Gasteiger partial charge is 0.377 e. The second kappa shape index (κ2) is 4.81. The molecule has 1 rings (SSSR count). The van der Waals surface area contributed by atoms with Crippen LogP contribution in [0.1, 0.15) is 35.7 Å². The quantitative estimate of drug-likeness (QED) is 0.679. The van der Waals surface area contributed by atoms with Crippen molar-refractivity contribution >= 4 is 5.78 Å². The zero-order valence-corrected chi connectivity index (χ0v) is 8.70. The average Bonchev–Trinajstić information content (AvgIpc) is 2.18. The molecule has 14 heavy (non-hydrogen) atoms. The summed E-state index contributed by atoms with van der Waals surface area (Å²) in [7, 11) is 1.57. The van der Waals surface area contributed by atoms with Crippen LogP contribution >= 0.6 is 0 Å². The third-order valence-corrected chi connectivity index (χ3v) is 1.90. The summed E-state index contributed by atoms with van der Waals surface area (Å²) < 4.78 is 4.90. The molecule has 0 aliphatic rings. The number of ether oxygens (including phenoxy) is 1. The lowest BCUT2D eigenvalue weighted by Gasteiger charge is -2.05. The molecule has 0 unspecified atom stereocenters. The van der Waals surface area contributed by atoms with Crippen LogP contribution in [-0.2, 0) is 17.8 Å². The third-order valence-electron chi connectivity index (χ3n) is 1.90. The van der Waals surface area contributed by atoms with Crippen molar-refractivity contribution in [3.8, 4) is 0 Å². The van der Waals surface area contributed by atoms with E-state index in [9.17, 15) is 4.79 Å². The van der Waals surface area contributed by atoms with Crippen molar-refractivity contribution in [1.82, 2.24) is 9.97 Å². The summed E-state index contributed by atoms with van der Waals surface area (Å²) in [5.41, 5.74) is 1.40. The normalized spacial score (nSPS) is 10.2. The van der Waals surface area contributed by atoms with Crippen LogP contribution < -0.4 is 0 Å². The Morgan fingerprint density at radius 1 is 1.57 bits per heavy atom. The Morgan fingerprint density at radius 2 is 2.29 bits per heavy atom. The fraction of sp³-hybridized carbons (Fsp3) is 0.500. The molecule has 0 bridgehead atoms. The minimum absolute atomic E-state index is 0.0263. The van der Waals surface area contributed by atoms with Gasteiger partial charge in [0.2, 0.25) is 0 Å². The molecule has 0 fully saturated rings. The molecule has 4 heteroatoms. The maximum absolute atomic E-state index is 11.3. The Kier molecular flexibility index (Phi) is 3.71. The number of hydrogen-bond acceptors (Lipinski definition) is 4. The summed E-state index contributed by atoms with van der Waals surface area (Å²) in [6.45, 7) is 3.82. The predicted octanol–water partition coefficient (Wildman–Crippen LogP) is 1.39. The van der Waals surface area contributed by atoms with Gasteiger partial charge in [-0.05, 0) is 12.0 Å². The van der Waals surface area contributed by atoms with E-state index in [1.165, 1.54) is 6.92 Å². The molecule has 76 valence electrons. The van der Waals surface area contributed by atoms with Gasteiger partial charge in [0.05, 0.1) is 0 Å². The van der Waals surface area contributed by atoms with Gasteiger partial charge in [0, 0.05) is 20.2 Å². The number of carbonyl (C=O) groups is 1. The molecule has 0 atom stereocenters. The van der Waals surface area contributed by atoms with E-state index >= 15 is 0 Å². The summed E-state index contributed by atoms with van der Waals surface area (Å²) in [5, 5.41) is 0. The minimum Gasteiger partial charge on any atom is -0.377 e. The SMILES string of the molecule is CCc1cnc(COC)nc1C(C)=O. The molecule has 1 aromatic heterocycles. The number of rotatable bonds is 4. The van der Waals surface area contributed by atoms with E-state index in [-0.39, 0.29) is 5.78 Å². The average molecular weight is 194 g/mol. The Morgan fingerprint density at radius 3 is 2.79 bits per heavy atom. The highest BCUT2D eigenvalue weighted by Gasteiger charge is 2.09. The molecular formula is C10H14N2O2. The number of Topliss-reactive ketones (excluding diaryl/α,β-unsaturated/α-hetero) is 1. The van der Waals surface area contributed by atoms with Gasteiger partial charge in [0.15, 0.2) is 11.6 Å². The fourth-order valence-electron chi connectivity index (χ4n) is 1.21. The second-order valence-electron chi connectivity index (χ2n) is 3.00. The predicted molar refractivity (Wildman–Crippen MR) is 52.1 cm³/mol. The minimum atomic E-state index is -0.0263. The first-order chi connectivity index (χ1) is 6.69. The van der Waals surface area contributed by atoms with Crippen molar-refractivity contribution in [3.63, 3.8) is 0 Å². The van der Waals surface area contributed by atoms with Crippen molar-refractivity contribution in [1.29, 1.82) is 0 Å². The molecule has 0 saturated carbocycles. The van der Waals surface area contributed by atoms with Crippen LogP contribution in [0.4, 0.5) is 0 Å². The monoisotopic (exact) mass is 194 g/mol. The first kappa shape index (κ1) is 10.8. The second-order valence-corrected chi connectivity index (χ2v) is 3.00. The first-order valence-electron chi connectivity index (χ1n) is 4.53. The smallest absolute Gasteiger partial charge is 0.178 e. The van der Waals surface area contributed by atoms with E-state index in [0.29, 0.717) is 18.1 Å². The van der Waals surface area contributed by atoms with Crippen molar-refractivity contribution in [2.75, 3.05) is 7.11 Å². The van der Waals surface area contributed by atoms with Crippen molar-refractivity contribution in [3.05, 3.63) is 23.3 Å². The highest BCUT2D eigenvalue weighted by atomic mass is 16.5. The van der Waals surface area contributed by atoms with Gasteiger partial charge in [-0.15, -0.1) is 0 Å². The maximum atomic E-state index is 11.3. The molecule has 1 aromatic rings. The van der Waals surface area contributed by atoms with Gasteiger partial charge in [-0.3, -0.25) is 4.79 Å². The number of methoxy groups -OCH3 is 1. The van der Waals surface area contributed by atoms with E-state index < -0.39 is 0 Å². The first-order valence-corrected chi connectivity index (χ1v) is 4.53. The zero-order valence-electron chi connectivity index (χ0n) is 8.70. The summed E-state index contributed by atoms with van der Waals surface area (Å²) in [5.74, 6) is 0.525. The van der Waals surface area contributed by atoms with Gasteiger partial charge >= 0.3 is 0 Å². The molecule has 1 heterocycles. The number of nitrogens with zero attached hydrogens (tertiary/aromatic N) is 2. The van der Waals surface area contributed by atoms with Crippen molar-refractivity contribution < 1.29 is 9.53 Å². The van der Waals surface area contributed by atoms with Crippen LogP contribution in [0.25, 0.3) is 0 Å².